The number of benzene rings is 2. The van der Waals surface area contributed by atoms with Gasteiger partial charge < -0.3 is 15.5 Å². The van der Waals surface area contributed by atoms with Gasteiger partial charge in [0.25, 0.3) is 0 Å². The summed E-state index contributed by atoms with van der Waals surface area (Å²) in [7, 11) is 0. The molecular weight excluding hydrogens is 278 g/mol. The molecule has 3 N–H and O–H groups in total. The molecule has 2 aromatic carbocycles. The maximum absolute atomic E-state index is 13.4. The van der Waals surface area contributed by atoms with Crippen molar-refractivity contribution in [3.63, 3.8) is 0 Å². The smallest absolute Gasteiger partial charge is 0.185 e. The first-order valence-corrected chi connectivity index (χ1v) is 5.48. The molecule has 0 bridgehead atoms. The van der Waals surface area contributed by atoms with Crippen LogP contribution in [0.4, 0.5) is 23.2 Å². The Morgan fingerprint density at radius 2 is 1.55 bits per heavy atom. The standard InChI is InChI=1S/C13H9F4NO2/c14-7-4-8(15)11(17)12(10(7)16)18-5-6-2-1-3-9(19)13(6)20/h1-4,18-20H,5H2. The largest absolute Gasteiger partial charge is 0.504 e. The lowest BCUT2D eigenvalue weighted by molar-refractivity contribution is 0.400. The first-order valence-electron chi connectivity index (χ1n) is 5.48. The van der Waals surface area contributed by atoms with Crippen molar-refractivity contribution in [3.8, 4) is 11.5 Å². The second-order valence-corrected chi connectivity index (χ2v) is 3.98. The van der Waals surface area contributed by atoms with Gasteiger partial charge in [-0.2, -0.15) is 0 Å². The number of hydrogen-bond acceptors (Lipinski definition) is 3. The minimum atomic E-state index is -1.57. The second kappa shape index (κ2) is 5.28. The van der Waals surface area contributed by atoms with Crippen LogP contribution < -0.4 is 5.32 Å². The number of aromatic hydroxyl groups is 2. The van der Waals surface area contributed by atoms with Crippen LogP contribution >= 0.6 is 0 Å². The molecule has 0 radical (unpaired) electrons. The first kappa shape index (κ1) is 14.0. The molecule has 0 aliphatic carbocycles. The van der Waals surface area contributed by atoms with Crippen molar-refractivity contribution in [3.05, 3.63) is 53.1 Å². The number of nitrogens with one attached hydrogen (secondary N) is 1. The van der Waals surface area contributed by atoms with E-state index in [2.05, 4.69) is 5.32 Å². The van der Waals surface area contributed by atoms with E-state index in [0.717, 1.165) is 0 Å². The molecule has 0 aliphatic rings. The second-order valence-electron chi connectivity index (χ2n) is 3.98. The summed E-state index contributed by atoms with van der Waals surface area (Å²) >= 11 is 0. The summed E-state index contributed by atoms with van der Waals surface area (Å²) in [6.45, 7) is -0.336. The Morgan fingerprint density at radius 3 is 2.15 bits per heavy atom. The summed E-state index contributed by atoms with van der Waals surface area (Å²) in [5.41, 5.74) is -0.876. The Morgan fingerprint density at radius 1 is 0.950 bits per heavy atom. The Labute approximate surface area is 111 Å². The van der Waals surface area contributed by atoms with E-state index in [-0.39, 0.29) is 18.2 Å². The highest BCUT2D eigenvalue weighted by Crippen LogP contribution is 2.30. The molecule has 20 heavy (non-hydrogen) atoms. The van der Waals surface area contributed by atoms with E-state index in [1.807, 2.05) is 0 Å². The highest BCUT2D eigenvalue weighted by Gasteiger charge is 2.19. The van der Waals surface area contributed by atoms with Gasteiger partial charge in [-0.25, -0.2) is 17.6 Å². The average molecular weight is 287 g/mol. The number of phenols is 2. The maximum atomic E-state index is 13.4. The van der Waals surface area contributed by atoms with Gasteiger partial charge in [0.05, 0.1) is 0 Å². The number of rotatable bonds is 3. The van der Waals surface area contributed by atoms with Crippen molar-refractivity contribution in [1.29, 1.82) is 0 Å². The molecule has 7 heteroatoms. The molecule has 0 saturated heterocycles. The average Bonchev–Trinajstić information content (AvgIpc) is 2.41. The van der Waals surface area contributed by atoms with Gasteiger partial charge in [0.1, 0.15) is 5.69 Å². The monoisotopic (exact) mass is 287 g/mol. The molecule has 0 aliphatic heterocycles. The SMILES string of the molecule is Oc1cccc(CNc2c(F)c(F)cc(F)c2F)c1O. The van der Waals surface area contributed by atoms with Crippen LogP contribution in [0.1, 0.15) is 5.56 Å². The molecule has 0 amide bonds. The summed E-state index contributed by atoms with van der Waals surface area (Å²) in [4.78, 5) is 0. The summed E-state index contributed by atoms with van der Waals surface area (Å²) in [5, 5.41) is 20.9. The van der Waals surface area contributed by atoms with Crippen LogP contribution in [0, 0.1) is 23.3 Å². The van der Waals surface area contributed by atoms with Gasteiger partial charge in [-0.15, -0.1) is 0 Å². The third-order valence-corrected chi connectivity index (χ3v) is 2.67. The Kier molecular flexibility index (Phi) is 3.69. The lowest BCUT2D eigenvalue weighted by atomic mass is 10.1. The van der Waals surface area contributed by atoms with Crippen molar-refractivity contribution >= 4 is 5.69 Å². The molecule has 2 aromatic rings. The molecular formula is C13H9F4NO2. The lowest BCUT2D eigenvalue weighted by Gasteiger charge is -2.11. The fraction of sp³-hybridized carbons (Fsp3) is 0.0769. The van der Waals surface area contributed by atoms with E-state index in [4.69, 9.17) is 0 Å². The van der Waals surface area contributed by atoms with Crippen LogP contribution in [-0.4, -0.2) is 10.2 Å². The molecule has 0 heterocycles. The molecule has 0 unspecified atom stereocenters. The number of halogens is 4. The van der Waals surface area contributed by atoms with E-state index in [9.17, 15) is 27.8 Å². The molecule has 3 nitrogen and oxygen atoms in total. The molecule has 106 valence electrons. The third-order valence-electron chi connectivity index (χ3n) is 2.67. The van der Waals surface area contributed by atoms with E-state index >= 15 is 0 Å². The van der Waals surface area contributed by atoms with E-state index in [0.29, 0.717) is 0 Å². The van der Waals surface area contributed by atoms with Crippen LogP contribution in [0.2, 0.25) is 0 Å². The Bertz CT molecular complexity index is 635. The molecule has 0 fully saturated rings. The van der Waals surface area contributed by atoms with E-state index in [1.54, 1.807) is 0 Å². The van der Waals surface area contributed by atoms with Crippen molar-refractivity contribution in [1.82, 2.24) is 0 Å². The van der Waals surface area contributed by atoms with Gasteiger partial charge in [-0.3, -0.25) is 0 Å². The highest BCUT2D eigenvalue weighted by molar-refractivity contribution is 5.50. The normalized spacial score (nSPS) is 10.6. The van der Waals surface area contributed by atoms with Gasteiger partial charge in [-0.1, -0.05) is 12.1 Å². The number of anilines is 1. The minimum absolute atomic E-state index is 0.0989. The molecule has 0 spiro atoms. The fourth-order valence-corrected chi connectivity index (χ4v) is 1.63. The number of phenolic OH excluding ortho intramolecular Hbond substituents is 2. The van der Waals surface area contributed by atoms with Crippen LogP contribution in [0.15, 0.2) is 24.3 Å². The maximum Gasteiger partial charge on any atom is 0.185 e. The summed E-state index contributed by atoms with van der Waals surface area (Å²) in [6, 6.07) is 4.07. The predicted molar refractivity (Wildman–Crippen MR) is 63.4 cm³/mol. The van der Waals surface area contributed by atoms with Crippen molar-refractivity contribution in [2.45, 2.75) is 6.54 Å². The van der Waals surface area contributed by atoms with Gasteiger partial charge >= 0.3 is 0 Å². The van der Waals surface area contributed by atoms with Gasteiger partial charge in [-0.05, 0) is 6.07 Å². The van der Waals surface area contributed by atoms with Crippen LogP contribution in [0.25, 0.3) is 0 Å². The van der Waals surface area contributed by atoms with Gasteiger partial charge in [0.2, 0.25) is 0 Å². The zero-order valence-electron chi connectivity index (χ0n) is 9.92. The van der Waals surface area contributed by atoms with Crippen molar-refractivity contribution in [2.75, 3.05) is 5.32 Å². The lowest BCUT2D eigenvalue weighted by Crippen LogP contribution is -2.07. The molecule has 0 atom stereocenters. The quantitative estimate of drug-likeness (QED) is 0.461. The van der Waals surface area contributed by atoms with E-state index < -0.39 is 40.5 Å². The number of hydrogen-bond donors (Lipinski definition) is 3. The molecule has 0 aromatic heterocycles. The summed E-state index contributed by atoms with van der Waals surface area (Å²) in [5.74, 6) is -7.11. The Balaban J connectivity index is 2.30. The zero-order chi connectivity index (χ0) is 14.9. The van der Waals surface area contributed by atoms with Crippen molar-refractivity contribution in [2.24, 2.45) is 0 Å². The third kappa shape index (κ3) is 2.47. The number of para-hydroxylation sites is 1. The zero-order valence-corrected chi connectivity index (χ0v) is 9.92. The predicted octanol–water partition coefficient (Wildman–Crippen LogP) is 3.27. The molecule has 2 rings (SSSR count). The van der Waals surface area contributed by atoms with Gasteiger partial charge in [0.15, 0.2) is 34.8 Å². The fourth-order valence-electron chi connectivity index (χ4n) is 1.63. The van der Waals surface area contributed by atoms with Crippen LogP contribution in [0.5, 0.6) is 11.5 Å². The Hall–Kier alpha value is -2.44. The van der Waals surface area contributed by atoms with Crippen LogP contribution in [-0.2, 0) is 6.54 Å². The van der Waals surface area contributed by atoms with E-state index in [1.165, 1.54) is 18.2 Å². The van der Waals surface area contributed by atoms with Gasteiger partial charge in [0, 0.05) is 18.2 Å². The first-order chi connectivity index (χ1) is 9.41. The molecule has 0 saturated carbocycles. The van der Waals surface area contributed by atoms with Crippen LogP contribution in [0.3, 0.4) is 0 Å². The topological polar surface area (TPSA) is 52.5 Å². The summed E-state index contributed by atoms with van der Waals surface area (Å²) < 4.78 is 52.7. The summed E-state index contributed by atoms with van der Waals surface area (Å²) in [6.07, 6.45) is 0. The highest BCUT2D eigenvalue weighted by atomic mass is 19.2. The minimum Gasteiger partial charge on any atom is -0.504 e. The van der Waals surface area contributed by atoms with Crippen molar-refractivity contribution < 1.29 is 27.8 Å².